The number of carbonyl (C=O) groups excluding carboxylic acids is 1. The number of likely N-dealkylation sites (N-methyl/N-ethyl adjacent to an activating group) is 1. The van der Waals surface area contributed by atoms with E-state index >= 15 is 0 Å². The zero-order valence-electron chi connectivity index (χ0n) is 12.2. The molecule has 0 aromatic heterocycles. The quantitative estimate of drug-likeness (QED) is 0.784. The average molecular weight is 285 g/mol. The molecule has 0 spiro atoms. The van der Waals surface area contributed by atoms with Crippen LogP contribution in [0.3, 0.4) is 0 Å². The van der Waals surface area contributed by atoms with E-state index in [0.29, 0.717) is 5.75 Å². The van der Waals surface area contributed by atoms with Crippen molar-refractivity contribution >= 4 is 12.0 Å². The van der Waals surface area contributed by atoms with Gasteiger partial charge in [-0.2, -0.15) is 5.26 Å². The van der Waals surface area contributed by atoms with Crippen LogP contribution in [0.5, 0.6) is 5.75 Å². The first-order valence-corrected chi connectivity index (χ1v) is 6.94. The highest BCUT2D eigenvalue weighted by Gasteiger charge is 2.16. The summed E-state index contributed by atoms with van der Waals surface area (Å²) < 4.78 is 5.18. The van der Waals surface area contributed by atoms with Gasteiger partial charge in [0.2, 0.25) is 5.91 Å². The van der Waals surface area contributed by atoms with E-state index in [0.717, 1.165) is 31.7 Å². The molecule has 0 bridgehead atoms. The number of amides is 1. The lowest BCUT2D eigenvalue weighted by atomic mass is 10.2. The lowest BCUT2D eigenvalue weighted by Gasteiger charge is -2.31. The fourth-order valence-electron chi connectivity index (χ4n) is 2.09. The highest BCUT2D eigenvalue weighted by Crippen LogP contribution is 2.13. The van der Waals surface area contributed by atoms with Gasteiger partial charge < -0.3 is 14.5 Å². The molecule has 1 amide bonds. The van der Waals surface area contributed by atoms with Gasteiger partial charge >= 0.3 is 0 Å². The van der Waals surface area contributed by atoms with Crippen molar-refractivity contribution in [1.29, 1.82) is 5.26 Å². The maximum Gasteiger partial charge on any atom is 0.246 e. The molecular weight excluding hydrogens is 266 g/mol. The summed E-state index contributed by atoms with van der Waals surface area (Å²) in [6, 6.07) is 9.22. The molecule has 21 heavy (non-hydrogen) atoms. The first-order chi connectivity index (χ1) is 10.2. The van der Waals surface area contributed by atoms with Crippen molar-refractivity contribution in [3.05, 3.63) is 35.9 Å². The molecule has 5 nitrogen and oxygen atoms in total. The maximum atomic E-state index is 12.0. The molecule has 1 aromatic rings. The van der Waals surface area contributed by atoms with Gasteiger partial charge in [0.1, 0.15) is 11.8 Å². The third kappa shape index (κ3) is 4.62. The van der Waals surface area contributed by atoms with Crippen LogP contribution in [0, 0.1) is 11.3 Å². The zero-order chi connectivity index (χ0) is 15.1. The van der Waals surface area contributed by atoms with Crippen molar-refractivity contribution in [2.45, 2.75) is 0 Å². The van der Waals surface area contributed by atoms with Crippen molar-refractivity contribution in [3.8, 4) is 11.8 Å². The van der Waals surface area contributed by atoms with Gasteiger partial charge in [-0.05, 0) is 30.8 Å². The Labute approximate surface area is 125 Å². The van der Waals surface area contributed by atoms with E-state index in [1.54, 1.807) is 24.3 Å². The Morgan fingerprint density at radius 2 is 1.95 bits per heavy atom. The summed E-state index contributed by atoms with van der Waals surface area (Å²) in [7, 11) is 2.06. The van der Waals surface area contributed by atoms with Crippen LogP contribution in [-0.4, -0.2) is 55.5 Å². The predicted octanol–water partition coefficient (Wildman–Crippen LogP) is 1.38. The number of ether oxygens (including phenoxy) is 1. The predicted molar refractivity (Wildman–Crippen MR) is 80.7 cm³/mol. The first kappa shape index (κ1) is 15.1. The zero-order valence-corrected chi connectivity index (χ0v) is 12.2. The Hall–Kier alpha value is -2.32. The molecule has 5 heteroatoms. The van der Waals surface area contributed by atoms with E-state index in [-0.39, 0.29) is 12.5 Å². The summed E-state index contributed by atoms with van der Waals surface area (Å²) in [6.07, 6.45) is 3.41. The van der Waals surface area contributed by atoms with Gasteiger partial charge in [0, 0.05) is 32.3 Å². The fraction of sp³-hybridized carbons (Fsp3) is 0.375. The summed E-state index contributed by atoms with van der Waals surface area (Å²) in [5.41, 5.74) is 0.932. The Morgan fingerprint density at radius 1 is 1.29 bits per heavy atom. The van der Waals surface area contributed by atoms with Crippen LogP contribution in [0.2, 0.25) is 0 Å². The summed E-state index contributed by atoms with van der Waals surface area (Å²) in [5.74, 6) is 0.701. The smallest absolute Gasteiger partial charge is 0.246 e. The van der Waals surface area contributed by atoms with Crippen LogP contribution in [-0.2, 0) is 4.79 Å². The molecule has 1 heterocycles. The van der Waals surface area contributed by atoms with Crippen molar-refractivity contribution < 1.29 is 9.53 Å². The highest BCUT2D eigenvalue weighted by atomic mass is 16.5. The summed E-state index contributed by atoms with van der Waals surface area (Å²) in [5, 5.41) is 8.44. The molecule has 0 radical (unpaired) electrons. The second-order valence-electron chi connectivity index (χ2n) is 4.98. The van der Waals surface area contributed by atoms with E-state index in [2.05, 4.69) is 11.9 Å². The van der Waals surface area contributed by atoms with Crippen LogP contribution in [0.1, 0.15) is 5.56 Å². The van der Waals surface area contributed by atoms with E-state index in [9.17, 15) is 4.79 Å². The van der Waals surface area contributed by atoms with Gasteiger partial charge in [-0.25, -0.2) is 0 Å². The van der Waals surface area contributed by atoms with Crippen LogP contribution in [0.25, 0.3) is 6.08 Å². The Kier molecular flexibility index (Phi) is 5.35. The first-order valence-electron chi connectivity index (χ1n) is 6.94. The Morgan fingerprint density at radius 3 is 2.57 bits per heavy atom. The molecule has 1 fully saturated rings. The molecule has 1 aromatic carbocycles. The van der Waals surface area contributed by atoms with E-state index in [1.807, 2.05) is 23.1 Å². The normalized spacial score (nSPS) is 15.9. The molecule has 1 aliphatic rings. The molecule has 1 saturated heterocycles. The van der Waals surface area contributed by atoms with Crippen molar-refractivity contribution in [2.75, 3.05) is 39.8 Å². The van der Waals surface area contributed by atoms with Gasteiger partial charge in [0.25, 0.3) is 0 Å². The van der Waals surface area contributed by atoms with Crippen molar-refractivity contribution in [1.82, 2.24) is 9.80 Å². The third-order valence-corrected chi connectivity index (χ3v) is 3.42. The van der Waals surface area contributed by atoms with Gasteiger partial charge in [-0.1, -0.05) is 12.1 Å². The topological polar surface area (TPSA) is 56.6 Å². The number of piperazine rings is 1. The standard InChI is InChI=1S/C16H19N3O2/c1-18-9-11-19(12-10-18)16(20)7-4-14-2-5-15(6-3-14)21-13-8-17/h2-7H,9-13H2,1H3. The van der Waals surface area contributed by atoms with Gasteiger partial charge in [-0.3, -0.25) is 4.79 Å². The molecule has 0 aliphatic carbocycles. The summed E-state index contributed by atoms with van der Waals surface area (Å²) in [6.45, 7) is 3.44. The van der Waals surface area contributed by atoms with Crippen LogP contribution >= 0.6 is 0 Å². The molecule has 1 aliphatic heterocycles. The summed E-state index contributed by atoms with van der Waals surface area (Å²) >= 11 is 0. The molecule has 0 unspecified atom stereocenters. The molecular formula is C16H19N3O2. The molecule has 0 N–H and O–H groups in total. The lowest BCUT2D eigenvalue weighted by molar-refractivity contribution is -0.127. The number of carbonyl (C=O) groups is 1. The average Bonchev–Trinajstić information content (AvgIpc) is 2.52. The number of nitrogens with zero attached hydrogens (tertiary/aromatic N) is 3. The minimum Gasteiger partial charge on any atom is -0.479 e. The third-order valence-electron chi connectivity index (χ3n) is 3.42. The van der Waals surface area contributed by atoms with E-state index in [1.165, 1.54) is 0 Å². The molecule has 0 saturated carbocycles. The van der Waals surface area contributed by atoms with Crippen molar-refractivity contribution in [3.63, 3.8) is 0 Å². The van der Waals surface area contributed by atoms with Gasteiger partial charge in [0.15, 0.2) is 6.61 Å². The van der Waals surface area contributed by atoms with E-state index in [4.69, 9.17) is 10.00 Å². The number of hydrogen-bond acceptors (Lipinski definition) is 4. The number of benzene rings is 1. The SMILES string of the molecule is CN1CCN(C(=O)C=Cc2ccc(OCC#N)cc2)CC1. The van der Waals surface area contributed by atoms with Gasteiger partial charge in [-0.15, -0.1) is 0 Å². The van der Waals surface area contributed by atoms with Crippen molar-refractivity contribution in [2.24, 2.45) is 0 Å². The lowest BCUT2D eigenvalue weighted by Crippen LogP contribution is -2.46. The molecule has 110 valence electrons. The van der Waals surface area contributed by atoms with Gasteiger partial charge in [0.05, 0.1) is 0 Å². The number of hydrogen-bond donors (Lipinski definition) is 0. The fourth-order valence-corrected chi connectivity index (χ4v) is 2.09. The second-order valence-corrected chi connectivity index (χ2v) is 4.98. The van der Waals surface area contributed by atoms with Crippen LogP contribution in [0.4, 0.5) is 0 Å². The number of rotatable bonds is 4. The second kappa shape index (κ2) is 7.46. The largest absolute Gasteiger partial charge is 0.479 e. The van der Waals surface area contributed by atoms with Crippen LogP contribution < -0.4 is 4.74 Å². The summed E-state index contributed by atoms with van der Waals surface area (Å²) in [4.78, 5) is 16.1. The number of nitriles is 1. The highest BCUT2D eigenvalue weighted by molar-refractivity contribution is 5.91. The van der Waals surface area contributed by atoms with E-state index < -0.39 is 0 Å². The Balaban J connectivity index is 1.88. The maximum absolute atomic E-state index is 12.0. The monoisotopic (exact) mass is 285 g/mol. The minimum atomic E-state index is 0.0388. The Bertz CT molecular complexity index is 538. The van der Waals surface area contributed by atoms with Crippen LogP contribution in [0.15, 0.2) is 30.3 Å². The molecule has 0 atom stereocenters. The minimum absolute atomic E-state index is 0.0388. The molecule has 2 rings (SSSR count).